The summed E-state index contributed by atoms with van der Waals surface area (Å²) < 4.78 is 56.6. The molecule has 10 heteroatoms. The summed E-state index contributed by atoms with van der Waals surface area (Å²) >= 11 is 0. The maximum Gasteiger partial charge on any atom is 0.573 e. The van der Waals surface area contributed by atoms with Crippen molar-refractivity contribution in [2.24, 2.45) is 5.73 Å². The number of alkyl halides is 3. The number of rotatable bonds is 6. The molecule has 0 fully saturated rings. The normalized spacial score (nSPS) is 14.6. The zero-order valence-electron chi connectivity index (χ0n) is 18.5. The van der Waals surface area contributed by atoms with Crippen LogP contribution in [0.4, 0.5) is 17.6 Å². The van der Waals surface area contributed by atoms with Gasteiger partial charge in [-0.15, -0.1) is 13.2 Å². The van der Waals surface area contributed by atoms with Gasteiger partial charge in [0.05, 0.1) is 12.2 Å². The number of aryl methyl sites for hydroxylation is 1. The first-order chi connectivity index (χ1) is 16.1. The van der Waals surface area contributed by atoms with Crippen molar-refractivity contribution in [1.29, 1.82) is 0 Å². The van der Waals surface area contributed by atoms with Crippen LogP contribution in [0, 0.1) is 12.7 Å². The first kappa shape index (κ1) is 23.7. The Labute approximate surface area is 193 Å². The summed E-state index contributed by atoms with van der Waals surface area (Å²) in [6.45, 7) is 3.03. The largest absolute Gasteiger partial charge is 0.573 e. The molecule has 1 aliphatic heterocycles. The molecule has 1 aromatic heterocycles. The topological polar surface area (TPSA) is 73.4 Å². The minimum atomic E-state index is -4.75. The Hall–Kier alpha value is -3.40. The first-order valence-electron chi connectivity index (χ1n) is 10.8. The lowest BCUT2D eigenvalue weighted by molar-refractivity contribution is -0.274. The van der Waals surface area contributed by atoms with E-state index in [1.807, 2.05) is 16.8 Å². The molecule has 1 amide bonds. The van der Waals surface area contributed by atoms with E-state index in [0.29, 0.717) is 48.7 Å². The molecule has 6 nitrogen and oxygen atoms in total. The molecule has 3 aromatic rings. The van der Waals surface area contributed by atoms with Crippen molar-refractivity contribution in [2.45, 2.75) is 45.3 Å². The van der Waals surface area contributed by atoms with Gasteiger partial charge in [0.1, 0.15) is 17.4 Å². The van der Waals surface area contributed by atoms with Gasteiger partial charge in [0.15, 0.2) is 0 Å². The van der Waals surface area contributed by atoms with E-state index in [2.05, 4.69) is 9.72 Å². The molecule has 4 rings (SSSR count). The minimum Gasteiger partial charge on any atom is -0.406 e. The predicted molar refractivity (Wildman–Crippen MR) is 117 cm³/mol. The SMILES string of the molecule is Cc1ccc(C[C@@H](N)CC(=O)N2CCn3cc(-c4ccc(OC(F)(F)F)cc4)nc3C2)cc1F. The number of nitrogens with two attached hydrogens (primary N) is 1. The Morgan fingerprint density at radius 3 is 2.59 bits per heavy atom. The van der Waals surface area contributed by atoms with Crippen LogP contribution in [-0.4, -0.2) is 39.3 Å². The van der Waals surface area contributed by atoms with Crippen molar-refractivity contribution in [1.82, 2.24) is 14.5 Å². The number of aromatic nitrogens is 2. The van der Waals surface area contributed by atoms with Crippen LogP contribution in [0.2, 0.25) is 0 Å². The molecule has 34 heavy (non-hydrogen) atoms. The zero-order valence-corrected chi connectivity index (χ0v) is 18.5. The van der Waals surface area contributed by atoms with Crippen LogP contribution in [0.25, 0.3) is 11.3 Å². The van der Waals surface area contributed by atoms with E-state index in [-0.39, 0.29) is 23.9 Å². The molecule has 2 heterocycles. The lowest BCUT2D eigenvalue weighted by atomic mass is 10.0. The Bertz CT molecular complexity index is 1170. The number of hydrogen-bond donors (Lipinski definition) is 1. The van der Waals surface area contributed by atoms with E-state index >= 15 is 0 Å². The van der Waals surface area contributed by atoms with E-state index in [0.717, 1.165) is 5.56 Å². The smallest absolute Gasteiger partial charge is 0.406 e. The summed E-state index contributed by atoms with van der Waals surface area (Å²) in [5.74, 6) is -0.0251. The van der Waals surface area contributed by atoms with Gasteiger partial charge in [0.25, 0.3) is 0 Å². The number of fused-ring (bicyclic) bond motifs is 1. The molecule has 1 atom stereocenters. The molecule has 0 spiro atoms. The molecule has 2 N–H and O–H groups in total. The van der Waals surface area contributed by atoms with Gasteiger partial charge in [-0.05, 0) is 54.8 Å². The maximum atomic E-state index is 13.8. The van der Waals surface area contributed by atoms with Gasteiger partial charge < -0.3 is 19.9 Å². The molecule has 0 saturated carbocycles. The van der Waals surface area contributed by atoms with Crippen LogP contribution >= 0.6 is 0 Å². The fourth-order valence-electron chi connectivity index (χ4n) is 3.92. The summed E-state index contributed by atoms with van der Waals surface area (Å²) in [6, 6.07) is 9.99. The summed E-state index contributed by atoms with van der Waals surface area (Å²) in [6.07, 6.45) is -2.41. The lowest BCUT2D eigenvalue weighted by Gasteiger charge is -2.28. The third kappa shape index (κ3) is 5.74. The molecule has 0 bridgehead atoms. The van der Waals surface area contributed by atoms with Crippen LogP contribution in [0.5, 0.6) is 5.75 Å². The van der Waals surface area contributed by atoms with Crippen LogP contribution in [0.1, 0.15) is 23.4 Å². The highest BCUT2D eigenvalue weighted by atomic mass is 19.4. The second kappa shape index (κ2) is 9.46. The van der Waals surface area contributed by atoms with E-state index in [4.69, 9.17) is 5.73 Å². The standard InChI is InChI=1S/C24H24F4N4O2/c1-15-2-3-16(11-20(15)25)10-18(29)12-23(33)32-9-8-31-13-21(30-22(31)14-32)17-4-6-19(7-5-17)34-24(26,27)28/h2-7,11,13,18H,8-10,12,14,29H2,1H3/t18-/m1/s1. The number of carbonyl (C=O) groups excluding carboxylic acids is 1. The second-order valence-electron chi connectivity index (χ2n) is 8.38. The molecule has 180 valence electrons. The highest BCUT2D eigenvalue weighted by Gasteiger charge is 2.31. The van der Waals surface area contributed by atoms with E-state index < -0.39 is 12.4 Å². The fraction of sp³-hybridized carbons (Fsp3) is 0.333. The summed E-state index contributed by atoms with van der Waals surface area (Å²) in [7, 11) is 0. The summed E-state index contributed by atoms with van der Waals surface area (Å²) in [5, 5.41) is 0. The number of amides is 1. The number of ether oxygens (including phenoxy) is 1. The Balaban J connectivity index is 1.37. The van der Waals surface area contributed by atoms with Crippen molar-refractivity contribution >= 4 is 5.91 Å². The number of imidazole rings is 1. The van der Waals surface area contributed by atoms with Gasteiger partial charge in [-0.1, -0.05) is 12.1 Å². The minimum absolute atomic E-state index is 0.107. The number of hydrogen-bond acceptors (Lipinski definition) is 4. The highest BCUT2D eigenvalue weighted by Crippen LogP contribution is 2.27. The number of nitrogens with zero attached hydrogens (tertiary/aromatic N) is 3. The average Bonchev–Trinajstić information content (AvgIpc) is 3.19. The van der Waals surface area contributed by atoms with Gasteiger partial charge in [-0.2, -0.15) is 0 Å². The Morgan fingerprint density at radius 2 is 1.91 bits per heavy atom. The lowest BCUT2D eigenvalue weighted by Crippen LogP contribution is -2.41. The van der Waals surface area contributed by atoms with Gasteiger partial charge >= 0.3 is 6.36 Å². The van der Waals surface area contributed by atoms with Gasteiger partial charge in [0.2, 0.25) is 5.91 Å². The van der Waals surface area contributed by atoms with E-state index in [1.54, 1.807) is 17.9 Å². The summed E-state index contributed by atoms with van der Waals surface area (Å²) in [4.78, 5) is 19.0. The van der Waals surface area contributed by atoms with E-state index in [9.17, 15) is 22.4 Å². The van der Waals surface area contributed by atoms with Crippen LogP contribution in [-0.2, 0) is 24.3 Å². The van der Waals surface area contributed by atoms with Crippen LogP contribution < -0.4 is 10.5 Å². The number of benzene rings is 2. The van der Waals surface area contributed by atoms with Crippen molar-refractivity contribution < 1.29 is 27.1 Å². The zero-order chi connectivity index (χ0) is 24.5. The first-order valence-corrected chi connectivity index (χ1v) is 10.8. The molecular weight excluding hydrogens is 452 g/mol. The van der Waals surface area contributed by atoms with Crippen molar-refractivity contribution in [2.75, 3.05) is 6.54 Å². The molecule has 1 aliphatic rings. The molecule has 0 radical (unpaired) electrons. The second-order valence-corrected chi connectivity index (χ2v) is 8.38. The van der Waals surface area contributed by atoms with Gasteiger partial charge in [-0.25, -0.2) is 9.37 Å². The van der Waals surface area contributed by atoms with Crippen molar-refractivity contribution in [3.8, 4) is 17.0 Å². The van der Waals surface area contributed by atoms with Crippen molar-refractivity contribution in [3.05, 3.63) is 71.4 Å². The monoisotopic (exact) mass is 476 g/mol. The quantitative estimate of drug-likeness (QED) is 0.542. The predicted octanol–water partition coefficient (Wildman–Crippen LogP) is 4.20. The summed E-state index contributed by atoms with van der Waals surface area (Å²) in [5.41, 5.74) is 8.70. The van der Waals surface area contributed by atoms with Gasteiger partial charge in [0, 0.05) is 37.3 Å². The third-order valence-corrected chi connectivity index (χ3v) is 5.71. The molecule has 0 aliphatic carbocycles. The maximum absolute atomic E-state index is 13.8. The molecule has 0 unspecified atom stereocenters. The number of carbonyl (C=O) groups is 1. The highest BCUT2D eigenvalue weighted by molar-refractivity contribution is 5.77. The van der Waals surface area contributed by atoms with Crippen molar-refractivity contribution in [3.63, 3.8) is 0 Å². The molecule has 2 aromatic carbocycles. The van der Waals surface area contributed by atoms with E-state index in [1.165, 1.54) is 30.3 Å². The molecule has 0 saturated heterocycles. The average molecular weight is 476 g/mol. The van der Waals surface area contributed by atoms with Crippen LogP contribution in [0.3, 0.4) is 0 Å². The molecular formula is C24H24F4N4O2. The van der Waals surface area contributed by atoms with Crippen LogP contribution in [0.15, 0.2) is 48.7 Å². The Morgan fingerprint density at radius 1 is 1.18 bits per heavy atom. The number of halogens is 4. The fourth-order valence-corrected chi connectivity index (χ4v) is 3.92. The Kier molecular flexibility index (Phi) is 6.60. The van der Waals surface area contributed by atoms with Gasteiger partial charge in [-0.3, -0.25) is 4.79 Å². The third-order valence-electron chi connectivity index (χ3n) is 5.71.